The predicted molar refractivity (Wildman–Crippen MR) is 89.7 cm³/mol. The van der Waals surface area contributed by atoms with Crippen LogP contribution in [0.4, 0.5) is 0 Å². The molecule has 0 aromatic rings. The summed E-state index contributed by atoms with van der Waals surface area (Å²) in [5, 5.41) is 0. The van der Waals surface area contributed by atoms with E-state index < -0.39 is 0 Å². The van der Waals surface area contributed by atoms with E-state index in [1.165, 1.54) is 44.9 Å². The van der Waals surface area contributed by atoms with Gasteiger partial charge in [0.15, 0.2) is 0 Å². The Labute approximate surface area is 128 Å². The van der Waals surface area contributed by atoms with Gasteiger partial charge >= 0.3 is 0 Å². The molecule has 0 N–H and O–H groups in total. The van der Waals surface area contributed by atoms with E-state index in [4.69, 9.17) is 0 Å². The first-order valence-electron chi connectivity index (χ1n) is 9.44. The first-order valence-corrected chi connectivity index (χ1v) is 9.44. The third kappa shape index (κ3) is 3.09. The molecule has 0 aromatic carbocycles. The van der Waals surface area contributed by atoms with Crippen LogP contribution < -0.4 is 0 Å². The lowest BCUT2D eigenvalue weighted by atomic mass is 9.72. The highest BCUT2D eigenvalue weighted by Gasteiger charge is 2.60. The molecule has 5 unspecified atom stereocenters. The molecule has 5 atom stereocenters. The van der Waals surface area contributed by atoms with E-state index >= 15 is 0 Å². The SMILES string of the molecule is CCCC(CC)C(C(C)C)C1C2CCCCC(C)(C)C21. The molecule has 0 aliphatic heterocycles. The van der Waals surface area contributed by atoms with Crippen molar-refractivity contribution in [1.82, 2.24) is 0 Å². The van der Waals surface area contributed by atoms with Gasteiger partial charge in [0.25, 0.3) is 0 Å². The second-order valence-corrected chi connectivity index (χ2v) is 8.78. The lowest BCUT2D eigenvalue weighted by molar-refractivity contribution is 0.160. The molecule has 0 radical (unpaired) electrons. The molecule has 2 aliphatic rings. The number of hydrogen-bond acceptors (Lipinski definition) is 0. The van der Waals surface area contributed by atoms with Crippen molar-refractivity contribution in [2.24, 2.45) is 40.9 Å². The molecule has 0 spiro atoms. The molecule has 118 valence electrons. The van der Waals surface area contributed by atoms with Gasteiger partial charge in [0.1, 0.15) is 0 Å². The minimum absolute atomic E-state index is 0.615. The lowest BCUT2D eigenvalue weighted by Crippen LogP contribution is -2.26. The van der Waals surface area contributed by atoms with Crippen molar-refractivity contribution in [3.8, 4) is 0 Å². The first-order chi connectivity index (χ1) is 9.44. The van der Waals surface area contributed by atoms with Crippen LogP contribution in [0.15, 0.2) is 0 Å². The molecule has 0 aromatic heterocycles. The van der Waals surface area contributed by atoms with Crippen LogP contribution in [0.1, 0.15) is 86.5 Å². The molecule has 2 fully saturated rings. The average molecular weight is 279 g/mol. The molecule has 0 heteroatoms. The Morgan fingerprint density at radius 1 is 1.10 bits per heavy atom. The van der Waals surface area contributed by atoms with E-state index in [1.54, 1.807) is 0 Å². The normalized spacial score (nSPS) is 35.2. The Hall–Kier alpha value is 0. The summed E-state index contributed by atoms with van der Waals surface area (Å²) in [5.41, 5.74) is 0.615. The van der Waals surface area contributed by atoms with E-state index in [-0.39, 0.29) is 0 Å². The van der Waals surface area contributed by atoms with Crippen molar-refractivity contribution in [2.75, 3.05) is 0 Å². The zero-order valence-electron chi connectivity index (χ0n) is 14.9. The third-order valence-electron chi connectivity index (χ3n) is 6.68. The summed E-state index contributed by atoms with van der Waals surface area (Å²) in [4.78, 5) is 0. The van der Waals surface area contributed by atoms with Crippen LogP contribution in [0.5, 0.6) is 0 Å². The number of fused-ring (bicyclic) bond motifs is 1. The van der Waals surface area contributed by atoms with Crippen LogP contribution in [0.2, 0.25) is 0 Å². The molecule has 0 amide bonds. The summed E-state index contributed by atoms with van der Waals surface area (Å²) >= 11 is 0. The molecular weight excluding hydrogens is 240 g/mol. The Morgan fingerprint density at radius 2 is 1.80 bits per heavy atom. The van der Waals surface area contributed by atoms with Crippen molar-refractivity contribution < 1.29 is 0 Å². The summed E-state index contributed by atoms with van der Waals surface area (Å²) in [6, 6.07) is 0. The van der Waals surface area contributed by atoms with Gasteiger partial charge in [-0.2, -0.15) is 0 Å². The molecular formula is C20H38. The summed E-state index contributed by atoms with van der Waals surface area (Å²) in [7, 11) is 0. The summed E-state index contributed by atoms with van der Waals surface area (Å²) < 4.78 is 0. The van der Waals surface area contributed by atoms with E-state index in [2.05, 4.69) is 41.5 Å². The molecule has 2 saturated carbocycles. The Bertz CT molecular complexity index is 301. The van der Waals surface area contributed by atoms with Gasteiger partial charge in [-0.15, -0.1) is 0 Å². The lowest BCUT2D eigenvalue weighted by Gasteiger charge is -2.33. The van der Waals surface area contributed by atoms with Crippen molar-refractivity contribution in [1.29, 1.82) is 0 Å². The van der Waals surface area contributed by atoms with Gasteiger partial charge in [-0.05, 0) is 53.8 Å². The van der Waals surface area contributed by atoms with Crippen LogP contribution in [-0.4, -0.2) is 0 Å². The Kier molecular flexibility index (Phi) is 5.24. The fourth-order valence-electron chi connectivity index (χ4n) is 5.87. The summed E-state index contributed by atoms with van der Waals surface area (Å²) in [6.45, 7) is 14.9. The molecule has 0 heterocycles. The van der Waals surface area contributed by atoms with Gasteiger partial charge in [-0.1, -0.05) is 73.6 Å². The van der Waals surface area contributed by atoms with Crippen molar-refractivity contribution in [3.63, 3.8) is 0 Å². The second-order valence-electron chi connectivity index (χ2n) is 8.78. The number of hydrogen-bond donors (Lipinski definition) is 0. The summed E-state index contributed by atoms with van der Waals surface area (Å²) in [5.74, 6) is 6.02. The van der Waals surface area contributed by atoms with Gasteiger partial charge in [-0.3, -0.25) is 0 Å². The fourth-order valence-corrected chi connectivity index (χ4v) is 5.87. The molecule has 2 rings (SSSR count). The highest BCUT2D eigenvalue weighted by Crippen LogP contribution is 2.66. The van der Waals surface area contributed by atoms with Crippen LogP contribution in [-0.2, 0) is 0 Å². The van der Waals surface area contributed by atoms with Crippen molar-refractivity contribution in [2.45, 2.75) is 86.5 Å². The zero-order chi connectivity index (χ0) is 14.9. The first kappa shape index (κ1) is 16.4. The van der Waals surface area contributed by atoms with Crippen LogP contribution in [0, 0.1) is 40.9 Å². The van der Waals surface area contributed by atoms with Gasteiger partial charge in [-0.25, -0.2) is 0 Å². The van der Waals surface area contributed by atoms with E-state index in [1.807, 2.05) is 0 Å². The van der Waals surface area contributed by atoms with Crippen LogP contribution in [0.25, 0.3) is 0 Å². The molecule has 20 heavy (non-hydrogen) atoms. The minimum Gasteiger partial charge on any atom is -0.0654 e. The van der Waals surface area contributed by atoms with Crippen molar-refractivity contribution in [3.05, 3.63) is 0 Å². The Morgan fingerprint density at radius 3 is 2.35 bits per heavy atom. The smallest absolute Gasteiger partial charge is 0.0297 e. The van der Waals surface area contributed by atoms with E-state index in [9.17, 15) is 0 Å². The fraction of sp³-hybridized carbons (Fsp3) is 1.00. The van der Waals surface area contributed by atoms with Gasteiger partial charge in [0.05, 0.1) is 0 Å². The molecule has 0 nitrogen and oxygen atoms in total. The van der Waals surface area contributed by atoms with Crippen LogP contribution >= 0.6 is 0 Å². The quantitative estimate of drug-likeness (QED) is 0.517. The largest absolute Gasteiger partial charge is 0.0654 e. The Balaban J connectivity index is 2.15. The van der Waals surface area contributed by atoms with Crippen molar-refractivity contribution >= 4 is 0 Å². The standard InChI is InChI=1S/C20H38/c1-7-11-15(8-2)17(14(3)4)18-16-12-9-10-13-20(5,6)19(16)18/h14-19H,7-13H2,1-6H3. The zero-order valence-corrected chi connectivity index (χ0v) is 14.9. The molecule has 0 saturated heterocycles. The second kappa shape index (κ2) is 6.41. The minimum atomic E-state index is 0.615. The predicted octanol–water partition coefficient (Wildman–Crippen LogP) is 6.55. The molecule has 2 aliphatic carbocycles. The highest BCUT2D eigenvalue weighted by molar-refractivity contribution is 5.08. The maximum Gasteiger partial charge on any atom is -0.0297 e. The van der Waals surface area contributed by atoms with E-state index in [0.29, 0.717) is 5.41 Å². The average Bonchev–Trinajstić information content (AvgIpc) is 3.10. The topological polar surface area (TPSA) is 0 Å². The monoisotopic (exact) mass is 278 g/mol. The maximum atomic E-state index is 2.56. The van der Waals surface area contributed by atoms with E-state index in [0.717, 1.165) is 35.5 Å². The van der Waals surface area contributed by atoms with Gasteiger partial charge < -0.3 is 0 Å². The highest BCUT2D eigenvalue weighted by atomic mass is 14.7. The van der Waals surface area contributed by atoms with Crippen LogP contribution in [0.3, 0.4) is 0 Å². The maximum absolute atomic E-state index is 2.56. The van der Waals surface area contributed by atoms with Gasteiger partial charge in [0, 0.05) is 0 Å². The third-order valence-corrected chi connectivity index (χ3v) is 6.68. The molecule has 0 bridgehead atoms. The summed E-state index contributed by atoms with van der Waals surface area (Å²) in [6.07, 6.45) is 10.2. The van der Waals surface area contributed by atoms with Gasteiger partial charge in [0.2, 0.25) is 0 Å². The number of rotatable bonds is 6.